The second-order valence-corrected chi connectivity index (χ2v) is 9.22. The van der Waals surface area contributed by atoms with E-state index < -0.39 is 5.41 Å². The van der Waals surface area contributed by atoms with E-state index in [-0.39, 0.29) is 42.9 Å². The second-order valence-electron chi connectivity index (χ2n) is 9.22. The summed E-state index contributed by atoms with van der Waals surface area (Å²) in [6.45, 7) is 2.95. The van der Waals surface area contributed by atoms with Gasteiger partial charge in [0.05, 0.1) is 12.5 Å². The number of rotatable bonds is 9. The summed E-state index contributed by atoms with van der Waals surface area (Å²) in [5.41, 5.74) is 0.243. The van der Waals surface area contributed by atoms with Crippen molar-refractivity contribution in [2.75, 3.05) is 58.5 Å². The number of hydrogen-bond acceptors (Lipinski definition) is 7. The molecule has 4 rings (SSSR count). The van der Waals surface area contributed by atoms with E-state index in [4.69, 9.17) is 9.47 Å². The van der Waals surface area contributed by atoms with Crippen LogP contribution >= 0.6 is 0 Å². The first kappa shape index (κ1) is 25.5. The maximum absolute atomic E-state index is 13.8. The Kier molecular flexibility index (Phi) is 7.79. The Morgan fingerprint density at radius 1 is 1.00 bits per heavy atom. The molecular weight excluding hydrogens is 462 g/mol. The van der Waals surface area contributed by atoms with Gasteiger partial charge in [0.25, 0.3) is 0 Å². The van der Waals surface area contributed by atoms with Crippen molar-refractivity contribution in [3.63, 3.8) is 0 Å². The topological polar surface area (TPSA) is 99.6 Å². The van der Waals surface area contributed by atoms with Crippen LogP contribution in [0.1, 0.15) is 24.8 Å². The fraction of sp³-hybridized carbons (Fsp3) is 0.444. The number of amides is 3. The van der Waals surface area contributed by atoms with E-state index in [9.17, 15) is 19.5 Å². The molecule has 2 aromatic rings. The van der Waals surface area contributed by atoms with E-state index in [0.717, 1.165) is 5.69 Å². The number of carbonyl (C=O) groups excluding carboxylic acids is 3. The number of phenolic OH excluding ortho intramolecular Hbond substituents is 1. The van der Waals surface area contributed by atoms with Gasteiger partial charge in [-0.15, -0.1) is 0 Å². The molecule has 2 saturated heterocycles. The zero-order valence-electron chi connectivity index (χ0n) is 20.8. The number of carbonyl (C=O) groups is 3. The average molecular weight is 496 g/mol. The minimum absolute atomic E-state index is 0.0710. The number of methoxy groups -OCH3 is 2. The number of nitrogens with zero attached hydrogens (tertiary/aromatic N) is 3. The van der Waals surface area contributed by atoms with E-state index in [2.05, 4.69) is 4.90 Å². The monoisotopic (exact) mass is 495 g/mol. The van der Waals surface area contributed by atoms with Gasteiger partial charge in [-0.3, -0.25) is 19.3 Å². The third kappa shape index (κ3) is 5.02. The molecule has 0 bridgehead atoms. The van der Waals surface area contributed by atoms with Crippen LogP contribution < -0.4 is 9.64 Å². The Labute approximate surface area is 211 Å². The minimum atomic E-state index is -1.30. The Bertz CT molecular complexity index is 1100. The van der Waals surface area contributed by atoms with Crippen molar-refractivity contribution in [3.8, 4) is 11.5 Å². The summed E-state index contributed by atoms with van der Waals surface area (Å²) in [4.78, 5) is 45.6. The molecule has 1 unspecified atom stereocenters. The molecule has 0 aliphatic carbocycles. The van der Waals surface area contributed by atoms with Crippen molar-refractivity contribution in [1.82, 2.24) is 9.80 Å². The first-order valence-corrected chi connectivity index (χ1v) is 12.2. The summed E-state index contributed by atoms with van der Waals surface area (Å²) in [5, 5.41) is 9.54. The number of hydrogen-bond donors (Lipinski definition) is 1. The van der Waals surface area contributed by atoms with Crippen LogP contribution in [0.3, 0.4) is 0 Å². The van der Waals surface area contributed by atoms with Crippen molar-refractivity contribution in [1.29, 1.82) is 0 Å². The van der Waals surface area contributed by atoms with Crippen molar-refractivity contribution in [2.45, 2.75) is 24.7 Å². The number of anilines is 1. The quantitative estimate of drug-likeness (QED) is 0.420. The van der Waals surface area contributed by atoms with E-state index >= 15 is 0 Å². The van der Waals surface area contributed by atoms with Gasteiger partial charge in [0.2, 0.25) is 17.7 Å². The van der Waals surface area contributed by atoms with Crippen molar-refractivity contribution < 1.29 is 29.0 Å². The highest BCUT2D eigenvalue weighted by Gasteiger charge is 2.55. The summed E-state index contributed by atoms with van der Waals surface area (Å²) in [6, 6.07) is 14.1. The number of aromatic hydroxyl groups is 1. The van der Waals surface area contributed by atoms with Gasteiger partial charge in [-0.25, -0.2) is 0 Å². The molecule has 0 aromatic heterocycles. The molecule has 3 amide bonds. The molecule has 0 spiro atoms. The van der Waals surface area contributed by atoms with E-state index in [1.807, 2.05) is 12.1 Å². The SMILES string of the molecule is COCCCN1C(=O)CC(CC(=O)N2CCN(c3ccc(O)cc3)CC2)(c2ccccc2OC)C1=O. The Balaban J connectivity index is 1.54. The standard InChI is InChI=1S/C27H33N3O6/c1-35-17-5-12-30-25(33)19-27(26(30)34,22-6-3-4-7-23(22)36-2)18-24(32)29-15-13-28(14-16-29)20-8-10-21(31)11-9-20/h3-4,6-11,31H,5,12-19H2,1-2H3. The highest BCUT2D eigenvalue weighted by Crippen LogP contribution is 2.44. The molecule has 1 atom stereocenters. The summed E-state index contributed by atoms with van der Waals surface area (Å²) in [7, 11) is 3.10. The predicted molar refractivity (Wildman–Crippen MR) is 134 cm³/mol. The predicted octanol–water partition coefficient (Wildman–Crippen LogP) is 2.17. The molecule has 2 aliphatic rings. The number of benzene rings is 2. The number of para-hydroxylation sites is 1. The molecule has 2 fully saturated rings. The van der Waals surface area contributed by atoms with Gasteiger partial charge in [-0.05, 0) is 36.8 Å². The van der Waals surface area contributed by atoms with E-state index in [1.54, 1.807) is 48.4 Å². The van der Waals surface area contributed by atoms with Crippen LogP contribution in [0, 0.1) is 0 Å². The maximum atomic E-state index is 13.8. The van der Waals surface area contributed by atoms with Gasteiger partial charge in [0.15, 0.2) is 0 Å². The summed E-state index contributed by atoms with van der Waals surface area (Å²) in [5.74, 6) is -0.106. The number of phenols is 1. The lowest BCUT2D eigenvalue weighted by Gasteiger charge is -2.38. The van der Waals surface area contributed by atoms with Gasteiger partial charge in [-0.1, -0.05) is 18.2 Å². The smallest absolute Gasteiger partial charge is 0.241 e. The van der Waals surface area contributed by atoms with Crippen LogP contribution in [0.5, 0.6) is 11.5 Å². The third-order valence-electron chi connectivity index (χ3n) is 7.06. The van der Waals surface area contributed by atoms with Crippen LogP contribution in [0.25, 0.3) is 0 Å². The Morgan fingerprint density at radius 2 is 1.69 bits per heavy atom. The largest absolute Gasteiger partial charge is 0.508 e. The normalized spacial score (nSPS) is 20.2. The molecule has 2 aliphatic heterocycles. The van der Waals surface area contributed by atoms with Gasteiger partial charge < -0.3 is 24.4 Å². The molecule has 9 nitrogen and oxygen atoms in total. The molecule has 192 valence electrons. The summed E-state index contributed by atoms with van der Waals surface area (Å²) >= 11 is 0. The van der Waals surface area contributed by atoms with Gasteiger partial charge >= 0.3 is 0 Å². The number of piperazine rings is 1. The first-order valence-electron chi connectivity index (χ1n) is 12.2. The molecule has 36 heavy (non-hydrogen) atoms. The number of imide groups is 1. The van der Waals surface area contributed by atoms with E-state index in [0.29, 0.717) is 50.5 Å². The number of ether oxygens (including phenoxy) is 2. The Hall–Kier alpha value is -3.59. The lowest BCUT2D eigenvalue weighted by molar-refractivity contribution is -0.143. The van der Waals surface area contributed by atoms with Crippen LogP contribution in [-0.2, 0) is 24.5 Å². The van der Waals surface area contributed by atoms with Crippen molar-refractivity contribution in [2.24, 2.45) is 0 Å². The fourth-order valence-corrected chi connectivity index (χ4v) is 5.13. The molecule has 0 saturated carbocycles. The zero-order chi connectivity index (χ0) is 25.7. The average Bonchev–Trinajstić information content (AvgIpc) is 3.14. The Morgan fingerprint density at radius 3 is 2.36 bits per heavy atom. The molecule has 9 heteroatoms. The van der Waals surface area contributed by atoms with Gasteiger partial charge in [0, 0.05) is 70.5 Å². The lowest BCUT2D eigenvalue weighted by Crippen LogP contribution is -2.51. The zero-order valence-corrected chi connectivity index (χ0v) is 20.8. The minimum Gasteiger partial charge on any atom is -0.508 e. The van der Waals surface area contributed by atoms with Crippen LogP contribution in [0.2, 0.25) is 0 Å². The molecule has 1 N–H and O–H groups in total. The highest BCUT2D eigenvalue weighted by atomic mass is 16.5. The second kappa shape index (κ2) is 11.0. The van der Waals surface area contributed by atoms with E-state index in [1.165, 1.54) is 12.0 Å². The summed E-state index contributed by atoms with van der Waals surface area (Å²) in [6.07, 6.45) is 0.361. The third-order valence-corrected chi connectivity index (χ3v) is 7.06. The van der Waals surface area contributed by atoms with Crippen LogP contribution in [-0.4, -0.2) is 86.2 Å². The van der Waals surface area contributed by atoms with Crippen LogP contribution in [0.15, 0.2) is 48.5 Å². The van der Waals surface area contributed by atoms with Crippen molar-refractivity contribution in [3.05, 3.63) is 54.1 Å². The fourth-order valence-electron chi connectivity index (χ4n) is 5.13. The molecule has 2 heterocycles. The lowest BCUT2D eigenvalue weighted by atomic mass is 9.75. The maximum Gasteiger partial charge on any atom is 0.241 e. The van der Waals surface area contributed by atoms with Crippen molar-refractivity contribution >= 4 is 23.4 Å². The molecule has 0 radical (unpaired) electrons. The summed E-state index contributed by atoms with van der Waals surface area (Å²) < 4.78 is 10.6. The molecule has 2 aromatic carbocycles. The number of likely N-dealkylation sites (tertiary alicyclic amines) is 1. The van der Waals surface area contributed by atoms with Gasteiger partial charge in [-0.2, -0.15) is 0 Å². The molecular formula is C27H33N3O6. The first-order chi connectivity index (χ1) is 17.4. The van der Waals surface area contributed by atoms with Crippen LogP contribution in [0.4, 0.5) is 5.69 Å². The van der Waals surface area contributed by atoms with Gasteiger partial charge in [0.1, 0.15) is 11.5 Å². The highest BCUT2D eigenvalue weighted by molar-refractivity contribution is 6.11.